The van der Waals surface area contributed by atoms with Crippen LogP contribution in [0.3, 0.4) is 0 Å². The van der Waals surface area contributed by atoms with Gasteiger partial charge in [-0.1, -0.05) is 12.1 Å². The number of carboxylic acids is 1. The van der Waals surface area contributed by atoms with E-state index in [1.807, 2.05) is 0 Å². The summed E-state index contributed by atoms with van der Waals surface area (Å²) < 4.78 is 38.6. The molecule has 0 radical (unpaired) electrons. The van der Waals surface area contributed by atoms with Gasteiger partial charge in [0.05, 0.1) is 6.20 Å². The van der Waals surface area contributed by atoms with Gasteiger partial charge in [-0.15, -0.1) is 0 Å². The monoisotopic (exact) mass is 313 g/mol. The lowest BCUT2D eigenvalue weighted by Gasteiger charge is -2.16. The number of halogens is 1. The zero-order chi connectivity index (χ0) is 15.6. The number of nitrogens with zero attached hydrogens (tertiary/aromatic N) is 2. The van der Waals surface area contributed by atoms with Crippen LogP contribution in [0.25, 0.3) is 0 Å². The molecule has 1 heterocycles. The quantitative estimate of drug-likeness (QED) is 0.859. The Hall–Kier alpha value is -2.26. The van der Waals surface area contributed by atoms with Gasteiger partial charge in [-0.25, -0.2) is 17.6 Å². The van der Waals surface area contributed by atoms with Crippen LogP contribution in [-0.4, -0.2) is 41.0 Å². The lowest BCUT2D eigenvalue weighted by atomic mass is 10.2. The molecule has 2 rings (SSSR count). The molecule has 0 aliphatic carbocycles. The van der Waals surface area contributed by atoms with Crippen molar-refractivity contribution in [2.75, 3.05) is 7.05 Å². The fraction of sp³-hybridized carbons (Fsp3) is 0.167. The van der Waals surface area contributed by atoms with E-state index >= 15 is 0 Å². The molecule has 0 amide bonds. The predicted octanol–water partition coefficient (Wildman–Crippen LogP) is 1.07. The van der Waals surface area contributed by atoms with E-state index in [4.69, 9.17) is 5.11 Å². The molecular weight excluding hydrogens is 301 g/mol. The third-order valence-corrected chi connectivity index (χ3v) is 4.57. The number of nitrogens with one attached hydrogen (secondary N) is 1. The second-order valence-electron chi connectivity index (χ2n) is 4.31. The molecule has 9 heteroatoms. The summed E-state index contributed by atoms with van der Waals surface area (Å²) in [7, 11) is -2.80. The van der Waals surface area contributed by atoms with Gasteiger partial charge in [0.2, 0.25) is 0 Å². The van der Waals surface area contributed by atoms with E-state index in [0.29, 0.717) is 5.56 Å². The zero-order valence-electron chi connectivity index (χ0n) is 10.9. The topological polar surface area (TPSA) is 103 Å². The summed E-state index contributed by atoms with van der Waals surface area (Å²) in [6.45, 7) is -0.0990. The summed E-state index contributed by atoms with van der Waals surface area (Å²) in [5.74, 6) is -1.88. The summed E-state index contributed by atoms with van der Waals surface area (Å²) in [6.07, 6.45) is 0.922. The SMILES string of the molecule is CN(Cc1cccc(F)c1)S(=O)(=O)c1[nH]ncc1C(=O)O. The molecule has 0 aliphatic rings. The highest BCUT2D eigenvalue weighted by Crippen LogP contribution is 2.18. The van der Waals surface area contributed by atoms with Crippen molar-refractivity contribution in [1.82, 2.24) is 14.5 Å². The van der Waals surface area contributed by atoms with Crippen molar-refractivity contribution in [3.8, 4) is 0 Å². The van der Waals surface area contributed by atoms with Gasteiger partial charge in [-0.05, 0) is 17.7 Å². The number of aromatic carboxylic acids is 1. The molecule has 0 spiro atoms. The second kappa shape index (κ2) is 5.62. The molecule has 0 bridgehead atoms. The van der Waals surface area contributed by atoms with Crippen molar-refractivity contribution in [3.63, 3.8) is 0 Å². The highest BCUT2D eigenvalue weighted by atomic mass is 32.2. The predicted molar refractivity (Wildman–Crippen MR) is 70.6 cm³/mol. The Morgan fingerprint density at radius 2 is 2.19 bits per heavy atom. The summed E-state index contributed by atoms with van der Waals surface area (Å²) >= 11 is 0. The molecule has 0 saturated carbocycles. The molecule has 0 unspecified atom stereocenters. The maximum Gasteiger partial charge on any atom is 0.340 e. The van der Waals surface area contributed by atoms with Crippen LogP contribution in [0.2, 0.25) is 0 Å². The smallest absolute Gasteiger partial charge is 0.340 e. The first-order valence-electron chi connectivity index (χ1n) is 5.80. The van der Waals surface area contributed by atoms with E-state index in [9.17, 15) is 17.6 Å². The molecule has 0 fully saturated rings. The molecule has 2 N–H and O–H groups in total. The number of aromatic amines is 1. The van der Waals surface area contributed by atoms with E-state index in [-0.39, 0.29) is 6.54 Å². The maximum absolute atomic E-state index is 13.1. The van der Waals surface area contributed by atoms with Crippen molar-refractivity contribution in [2.24, 2.45) is 0 Å². The summed E-state index contributed by atoms with van der Waals surface area (Å²) in [6, 6.07) is 5.48. The van der Waals surface area contributed by atoms with Gasteiger partial charge in [0.25, 0.3) is 10.0 Å². The van der Waals surface area contributed by atoms with Gasteiger partial charge in [0.15, 0.2) is 5.03 Å². The maximum atomic E-state index is 13.1. The molecule has 7 nitrogen and oxygen atoms in total. The fourth-order valence-electron chi connectivity index (χ4n) is 1.76. The van der Waals surface area contributed by atoms with Gasteiger partial charge in [0.1, 0.15) is 11.4 Å². The Kier molecular flexibility index (Phi) is 4.05. The fourth-order valence-corrected chi connectivity index (χ4v) is 2.97. The van der Waals surface area contributed by atoms with E-state index in [1.165, 1.54) is 25.2 Å². The average molecular weight is 313 g/mol. The Morgan fingerprint density at radius 3 is 2.81 bits per heavy atom. The largest absolute Gasteiger partial charge is 0.478 e. The number of H-pyrrole nitrogens is 1. The van der Waals surface area contributed by atoms with Gasteiger partial charge in [-0.3, -0.25) is 5.10 Å². The van der Waals surface area contributed by atoms with E-state index in [2.05, 4.69) is 10.2 Å². The van der Waals surface area contributed by atoms with Crippen molar-refractivity contribution in [3.05, 3.63) is 47.4 Å². The van der Waals surface area contributed by atoms with Gasteiger partial charge < -0.3 is 5.11 Å². The Morgan fingerprint density at radius 1 is 1.48 bits per heavy atom. The average Bonchev–Trinajstić information content (AvgIpc) is 2.88. The Bertz CT molecular complexity index is 772. The molecule has 112 valence electrons. The minimum atomic E-state index is -4.07. The van der Waals surface area contributed by atoms with Crippen LogP contribution in [0.5, 0.6) is 0 Å². The molecule has 0 saturated heterocycles. The molecule has 1 aromatic carbocycles. The summed E-state index contributed by atoms with van der Waals surface area (Å²) in [5, 5.41) is 14.0. The third kappa shape index (κ3) is 3.09. The molecule has 0 atom stereocenters. The van der Waals surface area contributed by atoms with Crippen molar-refractivity contribution < 1.29 is 22.7 Å². The minimum Gasteiger partial charge on any atom is -0.478 e. The summed E-state index contributed by atoms with van der Waals surface area (Å²) in [5.41, 5.74) is -0.00134. The standard InChI is InChI=1S/C12H12FN3O4S/c1-16(7-8-3-2-4-9(13)5-8)21(19,20)11-10(12(17)18)6-14-15-11/h2-6H,7H2,1H3,(H,14,15)(H,17,18). The third-order valence-electron chi connectivity index (χ3n) is 2.80. The van der Waals surface area contributed by atoms with Crippen molar-refractivity contribution in [1.29, 1.82) is 0 Å². The highest BCUT2D eigenvalue weighted by Gasteiger charge is 2.28. The number of rotatable bonds is 5. The number of hydrogen-bond acceptors (Lipinski definition) is 4. The second-order valence-corrected chi connectivity index (χ2v) is 6.29. The first-order valence-corrected chi connectivity index (χ1v) is 7.24. The number of aromatic nitrogens is 2. The Labute approximate surface area is 120 Å². The van der Waals surface area contributed by atoms with Crippen LogP contribution in [0.4, 0.5) is 4.39 Å². The number of carboxylic acid groups (broad SMARTS) is 1. The molecule has 1 aromatic heterocycles. The minimum absolute atomic E-state index is 0.0990. The van der Waals surface area contributed by atoms with Crippen molar-refractivity contribution in [2.45, 2.75) is 11.6 Å². The number of sulfonamides is 1. The Balaban J connectivity index is 2.31. The molecule has 2 aromatic rings. The van der Waals surface area contributed by atoms with E-state index in [0.717, 1.165) is 10.5 Å². The normalized spacial score (nSPS) is 11.8. The van der Waals surface area contributed by atoms with Crippen LogP contribution >= 0.6 is 0 Å². The summed E-state index contributed by atoms with van der Waals surface area (Å²) in [4.78, 5) is 11.0. The molecule has 0 aliphatic heterocycles. The van der Waals surface area contributed by atoms with E-state index < -0.39 is 32.4 Å². The lowest BCUT2D eigenvalue weighted by molar-refractivity contribution is 0.0692. The zero-order valence-corrected chi connectivity index (χ0v) is 11.8. The van der Waals surface area contributed by atoms with Gasteiger partial charge >= 0.3 is 5.97 Å². The van der Waals surface area contributed by atoms with E-state index in [1.54, 1.807) is 6.07 Å². The number of carbonyl (C=O) groups is 1. The lowest BCUT2D eigenvalue weighted by Crippen LogP contribution is -2.28. The van der Waals surface area contributed by atoms with Gasteiger partial charge in [-0.2, -0.15) is 9.40 Å². The molecular formula is C12H12FN3O4S. The first kappa shape index (κ1) is 15.1. The number of hydrogen-bond donors (Lipinski definition) is 2. The van der Waals surface area contributed by atoms with Crippen LogP contribution < -0.4 is 0 Å². The van der Waals surface area contributed by atoms with Crippen LogP contribution in [0.1, 0.15) is 15.9 Å². The van der Waals surface area contributed by atoms with Crippen LogP contribution in [-0.2, 0) is 16.6 Å². The van der Waals surface area contributed by atoms with Gasteiger partial charge in [0, 0.05) is 13.6 Å². The highest BCUT2D eigenvalue weighted by molar-refractivity contribution is 7.89. The number of benzene rings is 1. The van der Waals surface area contributed by atoms with Crippen LogP contribution in [0, 0.1) is 5.82 Å². The van der Waals surface area contributed by atoms with Crippen molar-refractivity contribution >= 4 is 16.0 Å². The first-order chi connectivity index (χ1) is 9.82. The molecule has 21 heavy (non-hydrogen) atoms. The van der Waals surface area contributed by atoms with Crippen LogP contribution in [0.15, 0.2) is 35.5 Å².